The van der Waals surface area contributed by atoms with Crippen LogP contribution in [-0.4, -0.2) is 55.5 Å². The van der Waals surface area contributed by atoms with Crippen LogP contribution in [0.2, 0.25) is 0 Å². The lowest BCUT2D eigenvalue weighted by molar-refractivity contribution is -0.142. The van der Waals surface area contributed by atoms with Gasteiger partial charge < -0.3 is 14.5 Å². The van der Waals surface area contributed by atoms with Gasteiger partial charge in [-0.3, -0.25) is 4.79 Å². The fourth-order valence-corrected chi connectivity index (χ4v) is 3.74. The van der Waals surface area contributed by atoms with E-state index in [9.17, 15) is 4.79 Å². The normalized spacial score (nSPS) is 21.3. The van der Waals surface area contributed by atoms with Crippen LogP contribution in [0.15, 0.2) is 24.3 Å². The maximum atomic E-state index is 13.2. The minimum atomic E-state index is -0.346. The van der Waals surface area contributed by atoms with Gasteiger partial charge in [0, 0.05) is 31.7 Å². The summed E-state index contributed by atoms with van der Waals surface area (Å²) in [6.07, 6.45) is 3.01. The number of benzene rings is 1. The molecule has 4 heteroatoms. The van der Waals surface area contributed by atoms with Crippen LogP contribution in [0.1, 0.15) is 31.7 Å². The lowest BCUT2D eigenvalue weighted by atomic mass is 9.63. The highest BCUT2D eigenvalue weighted by atomic mass is 16.5. The average Bonchev–Trinajstić information content (AvgIpc) is 2.54. The molecule has 120 valence electrons. The van der Waals surface area contributed by atoms with E-state index < -0.39 is 0 Å². The summed E-state index contributed by atoms with van der Waals surface area (Å²) in [6.45, 7) is 6.93. The Balaban J connectivity index is 1.83. The number of likely N-dealkylation sites (N-methyl/N-ethyl adjacent to an activating group) is 1. The van der Waals surface area contributed by atoms with E-state index in [1.165, 1.54) is 0 Å². The van der Waals surface area contributed by atoms with Crippen LogP contribution in [-0.2, 0) is 10.2 Å². The molecular weight excluding hydrogens is 276 g/mol. The van der Waals surface area contributed by atoms with E-state index in [1.54, 1.807) is 7.11 Å². The topological polar surface area (TPSA) is 32.8 Å². The van der Waals surface area contributed by atoms with Crippen molar-refractivity contribution in [3.8, 4) is 5.75 Å². The first-order valence-corrected chi connectivity index (χ1v) is 8.36. The van der Waals surface area contributed by atoms with Crippen molar-refractivity contribution in [2.75, 3.05) is 39.8 Å². The number of ether oxygens (including phenoxy) is 1. The van der Waals surface area contributed by atoms with Crippen molar-refractivity contribution < 1.29 is 9.53 Å². The van der Waals surface area contributed by atoms with Crippen LogP contribution in [0.25, 0.3) is 0 Å². The van der Waals surface area contributed by atoms with Crippen molar-refractivity contribution in [1.29, 1.82) is 0 Å². The third-order valence-electron chi connectivity index (χ3n) is 5.35. The summed E-state index contributed by atoms with van der Waals surface area (Å²) in [5.74, 6) is 1.15. The summed E-state index contributed by atoms with van der Waals surface area (Å²) in [5.41, 5.74) is 0.729. The summed E-state index contributed by atoms with van der Waals surface area (Å²) in [6, 6.07) is 8.02. The molecule has 0 aromatic heterocycles. The average molecular weight is 302 g/mol. The van der Waals surface area contributed by atoms with Crippen molar-refractivity contribution in [3.05, 3.63) is 29.8 Å². The molecular formula is C18H26N2O2. The van der Waals surface area contributed by atoms with Crippen LogP contribution in [0.4, 0.5) is 0 Å². The van der Waals surface area contributed by atoms with Crippen molar-refractivity contribution in [2.24, 2.45) is 0 Å². The van der Waals surface area contributed by atoms with Gasteiger partial charge in [-0.15, -0.1) is 0 Å². The van der Waals surface area contributed by atoms with Gasteiger partial charge in [-0.25, -0.2) is 0 Å². The minimum absolute atomic E-state index is 0.305. The first-order valence-electron chi connectivity index (χ1n) is 8.36. The number of hydrogen-bond acceptors (Lipinski definition) is 3. The third kappa shape index (κ3) is 2.50. The lowest BCUT2D eigenvalue weighted by Gasteiger charge is -2.46. The Hall–Kier alpha value is -1.55. The molecule has 2 aliphatic rings. The number of rotatable bonds is 4. The largest absolute Gasteiger partial charge is 0.496 e. The van der Waals surface area contributed by atoms with Crippen molar-refractivity contribution in [3.63, 3.8) is 0 Å². The molecule has 0 bridgehead atoms. The smallest absolute Gasteiger partial charge is 0.233 e. The van der Waals surface area contributed by atoms with Gasteiger partial charge in [0.25, 0.3) is 0 Å². The van der Waals surface area contributed by atoms with E-state index in [2.05, 4.69) is 22.8 Å². The standard InChI is InChI=1S/C18H26N2O2/c1-3-19-11-13-20(14-12-19)17(21)18(9-6-10-18)15-7-4-5-8-16(15)22-2/h4-5,7-8H,3,6,9-14H2,1-2H3. The molecule has 1 aliphatic heterocycles. The van der Waals surface area contributed by atoms with Crippen LogP contribution < -0.4 is 4.74 Å². The van der Waals surface area contributed by atoms with Gasteiger partial charge in [-0.1, -0.05) is 31.5 Å². The highest BCUT2D eigenvalue weighted by Crippen LogP contribution is 2.48. The second-order valence-electron chi connectivity index (χ2n) is 6.36. The van der Waals surface area contributed by atoms with Crippen LogP contribution in [0.3, 0.4) is 0 Å². The maximum absolute atomic E-state index is 13.2. The van der Waals surface area contributed by atoms with E-state index in [-0.39, 0.29) is 5.41 Å². The number of methoxy groups -OCH3 is 1. The third-order valence-corrected chi connectivity index (χ3v) is 5.35. The zero-order chi connectivity index (χ0) is 15.6. The lowest BCUT2D eigenvalue weighted by Crippen LogP contribution is -2.56. The molecule has 1 heterocycles. The van der Waals surface area contributed by atoms with E-state index >= 15 is 0 Å². The highest BCUT2D eigenvalue weighted by molar-refractivity contribution is 5.90. The van der Waals surface area contributed by atoms with Crippen molar-refractivity contribution in [2.45, 2.75) is 31.6 Å². The number of amides is 1. The Morgan fingerprint density at radius 2 is 1.86 bits per heavy atom. The second-order valence-corrected chi connectivity index (χ2v) is 6.36. The van der Waals surface area contributed by atoms with Crippen LogP contribution in [0, 0.1) is 0 Å². The predicted octanol–water partition coefficient (Wildman–Crippen LogP) is 2.28. The van der Waals surface area contributed by atoms with Gasteiger partial charge >= 0.3 is 0 Å². The zero-order valence-electron chi connectivity index (χ0n) is 13.7. The summed E-state index contributed by atoms with van der Waals surface area (Å²) in [7, 11) is 1.69. The number of nitrogens with zero attached hydrogens (tertiary/aromatic N) is 2. The number of para-hydroxylation sites is 1. The van der Waals surface area contributed by atoms with Gasteiger partial charge in [0.1, 0.15) is 5.75 Å². The Morgan fingerprint density at radius 3 is 2.41 bits per heavy atom. The van der Waals surface area contributed by atoms with E-state index in [1.807, 2.05) is 18.2 Å². The molecule has 0 atom stereocenters. The maximum Gasteiger partial charge on any atom is 0.233 e. The molecule has 0 unspecified atom stereocenters. The Labute approximate surface area is 133 Å². The van der Waals surface area contributed by atoms with Gasteiger partial charge in [-0.05, 0) is 25.5 Å². The Kier molecular flexibility index (Phi) is 4.39. The predicted molar refractivity (Wildman–Crippen MR) is 87.2 cm³/mol. The molecule has 1 saturated heterocycles. The molecule has 22 heavy (non-hydrogen) atoms. The number of carbonyl (C=O) groups excluding carboxylic acids is 1. The summed E-state index contributed by atoms with van der Waals surface area (Å²) in [4.78, 5) is 17.7. The fraction of sp³-hybridized carbons (Fsp3) is 0.611. The van der Waals surface area contributed by atoms with E-state index in [0.29, 0.717) is 5.91 Å². The molecule has 1 aromatic carbocycles. The first-order chi connectivity index (χ1) is 10.7. The minimum Gasteiger partial charge on any atom is -0.496 e. The summed E-state index contributed by atoms with van der Waals surface area (Å²) in [5, 5.41) is 0. The second kappa shape index (κ2) is 6.29. The number of carbonyl (C=O) groups is 1. The zero-order valence-corrected chi connectivity index (χ0v) is 13.7. The summed E-state index contributed by atoms with van der Waals surface area (Å²) >= 11 is 0. The van der Waals surface area contributed by atoms with Crippen LogP contribution in [0.5, 0.6) is 5.75 Å². The molecule has 1 amide bonds. The molecule has 4 nitrogen and oxygen atoms in total. The van der Waals surface area contributed by atoms with Gasteiger partial charge in [0.05, 0.1) is 12.5 Å². The van der Waals surface area contributed by atoms with E-state index in [0.717, 1.165) is 63.3 Å². The van der Waals surface area contributed by atoms with Gasteiger partial charge in [0.15, 0.2) is 0 Å². The Bertz CT molecular complexity index is 532. The molecule has 2 fully saturated rings. The van der Waals surface area contributed by atoms with Gasteiger partial charge in [0.2, 0.25) is 5.91 Å². The molecule has 0 radical (unpaired) electrons. The summed E-state index contributed by atoms with van der Waals surface area (Å²) < 4.78 is 5.52. The molecule has 1 aromatic rings. The molecule has 1 saturated carbocycles. The van der Waals surface area contributed by atoms with E-state index in [4.69, 9.17) is 4.74 Å². The molecule has 3 rings (SSSR count). The van der Waals surface area contributed by atoms with Gasteiger partial charge in [-0.2, -0.15) is 0 Å². The fourth-order valence-electron chi connectivity index (χ4n) is 3.74. The van der Waals surface area contributed by atoms with Crippen molar-refractivity contribution >= 4 is 5.91 Å². The SMILES string of the molecule is CCN1CCN(C(=O)C2(c3ccccc3OC)CCC2)CC1. The molecule has 1 aliphatic carbocycles. The molecule has 0 spiro atoms. The first kappa shape index (κ1) is 15.3. The Morgan fingerprint density at radius 1 is 1.18 bits per heavy atom. The number of piperazine rings is 1. The quantitative estimate of drug-likeness (QED) is 0.855. The monoisotopic (exact) mass is 302 g/mol. The molecule has 0 N–H and O–H groups in total. The van der Waals surface area contributed by atoms with Crippen LogP contribution >= 0.6 is 0 Å². The highest BCUT2D eigenvalue weighted by Gasteiger charge is 2.49. The number of hydrogen-bond donors (Lipinski definition) is 0. The van der Waals surface area contributed by atoms with Crippen molar-refractivity contribution in [1.82, 2.24) is 9.80 Å².